The number of nitrogens with zero attached hydrogens (tertiary/aromatic N) is 5. The number of halogens is 3. The average Bonchev–Trinajstić information content (AvgIpc) is 3.70. The van der Waals surface area contributed by atoms with E-state index in [4.69, 9.17) is 21.3 Å². The van der Waals surface area contributed by atoms with E-state index in [0.29, 0.717) is 42.5 Å². The molecular weight excluding hydrogens is 608 g/mol. The lowest BCUT2D eigenvalue weighted by Gasteiger charge is -2.48. The number of carbonyl (C=O) groups excluding carboxylic acids is 1. The van der Waals surface area contributed by atoms with Gasteiger partial charge in [-0.2, -0.15) is 5.26 Å². The van der Waals surface area contributed by atoms with E-state index in [1.807, 2.05) is 41.3 Å². The number of hydrogen-bond acceptors (Lipinski definition) is 6. The van der Waals surface area contributed by atoms with Crippen molar-refractivity contribution in [1.29, 1.82) is 5.26 Å². The molecule has 5 heterocycles. The summed E-state index contributed by atoms with van der Waals surface area (Å²) in [6.45, 7) is 6.33. The van der Waals surface area contributed by atoms with Gasteiger partial charge < -0.3 is 14.5 Å². The van der Waals surface area contributed by atoms with Crippen molar-refractivity contribution in [3.8, 4) is 23.1 Å². The van der Waals surface area contributed by atoms with Crippen LogP contribution in [-0.4, -0.2) is 77.3 Å². The summed E-state index contributed by atoms with van der Waals surface area (Å²) in [5.74, 6) is -0.366. The lowest BCUT2D eigenvalue weighted by atomic mass is 9.92. The first-order valence-electron chi connectivity index (χ1n) is 15.8. The number of ether oxygens (including phenoxy) is 1. The zero-order chi connectivity index (χ0) is 31.7. The van der Waals surface area contributed by atoms with Crippen LogP contribution < -0.4 is 9.64 Å². The Hall–Kier alpha value is -4.26. The monoisotopic (exact) mass is 639 g/mol. The van der Waals surface area contributed by atoms with E-state index in [0.717, 1.165) is 53.4 Å². The van der Waals surface area contributed by atoms with E-state index in [9.17, 15) is 18.8 Å². The Labute approximate surface area is 270 Å². The highest BCUT2D eigenvalue weighted by atomic mass is 35.5. The highest BCUT2D eigenvalue weighted by molar-refractivity contribution is 6.37. The Morgan fingerprint density at radius 2 is 2.07 bits per heavy atom. The van der Waals surface area contributed by atoms with Gasteiger partial charge in [0, 0.05) is 36.8 Å². The third-order valence-electron chi connectivity index (χ3n) is 10.6. The van der Waals surface area contributed by atoms with Crippen LogP contribution in [0.2, 0.25) is 5.02 Å². The van der Waals surface area contributed by atoms with Crippen LogP contribution in [0.3, 0.4) is 0 Å². The molecule has 0 unspecified atom stereocenters. The molecule has 0 aliphatic carbocycles. The summed E-state index contributed by atoms with van der Waals surface area (Å²) in [5, 5.41) is 12.8. The number of amides is 1. The number of rotatable bonds is 6. The topological polar surface area (TPSA) is 72.7 Å². The third kappa shape index (κ3) is 4.38. The number of alkyl halides is 1. The maximum Gasteiger partial charge on any atom is 0.246 e. The van der Waals surface area contributed by atoms with Crippen molar-refractivity contribution in [2.45, 2.75) is 49.5 Å². The largest absolute Gasteiger partial charge is 0.475 e. The fraction of sp³-hybridized carbons (Fsp3) is 0.361. The van der Waals surface area contributed by atoms with E-state index in [-0.39, 0.29) is 35.5 Å². The first kappa shape index (κ1) is 29.2. The number of hydrogen-bond donors (Lipinski definition) is 0. The molecule has 7 nitrogen and oxygen atoms in total. The number of carbonyl (C=O) groups is 1. The van der Waals surface area contributed by atoms with Gasteiger partial charge >= 0.3 is 0 Å². The predicted octanol–water partition coefficient (Wildman–Crippen LogP) is 6.65. The number of anilines is 1. The third-order valence-corrected chi connectivity index (χ3v) is 10.9. The molecule has 234 valence electrons. The van der Waals surface area contributed by atoms with Gasteiger partial charge in [-0.3, -0.25) is 9.69 Å². The lowest BCUT2D eigenvalue weighted by molar-refractivity contribution is -0.127. The lowest BCUT2D eigenvalue weighted by Crippen LogP contribution is -2.63. The second-order valence-corrected chi connectivity index (χ2v) is 13.3. The van der Waals surface area contributed by atoms with E-state index in [1.165, 1.54) is 12.1 Å². The van der Waals surface area contributed by atoms with Crippen LogP contribution in [0.4, 0.5) is 14.5 Å². The van der Waals surface area contributed by atoms with Crippen LogP contribution in [0.25, 0.3) is 32.8 Å². The van der Waals surface area contributed by atoms with Gasteiger partial charge in [0.2, 0.25) is 11.8 Å². The molecule has 1 aromatic heterocycles. The number of nitriles is 1. The van der Waals surface area contributed by atoms with E-state index < -0.39 is 17.5 Å². The number of aromatic nitrogens is 1. The molecule has 3 aromatic carbocycles. The SMILES string of the molecule is C=CC(=O)N1CC[C@@H]2[C@H]1CN2c1c(C#N)c(OC[C@@]23CCCN2C[C@H](F)C3)nc2cc(-c3cccc4ccc(F)c(Cl)c34)ccc12. The van der Waals surface area contributed by atoms with Crippen molar-refractivity contribution in [1.82, 2.24) is 14.8 Å². The molecule has 0 spiro atoms. The fourth-order valence-electron chi connectivity index (χ4n) is 8.37. The van der Waals surface area contributed by atoms with Gasteiger partial charge in [-0.25, -0.2) is 13.8 Å². The first-order valence-corrected chi connectivity index (χ1v) is 16.2. The van der Waals surface area contributed by atoms with Gasteiger partial charge in [-0.1, -0.05) is 54.6 Å². The normalized spacial score (nSPS) is 25.4. The van der Waals surface area contributed by atoms with Crippen LogP contribution in [-0.2, 0) is 4.79 Å². The van der Waals surface area contributed by atoms with Crippen LogP contribution >= 0.6 is 11.6 Å². The molecule has 4 saturated heterocycles. The summed E-state index contributed by atoms with van der Waals surface area (Å²) in [5.41, 5.74) is 2.81. The van der Waals surface area contributed by atoms with Crippen molar-refractivity contribution in [3.05, 3.63) is 77.6 Å². The molecule has 4 aliphatic rings. The number of fused-ring (bicyclic) bond motifs is 4. The Kier molecular flexibility index (Phi) is 6.93. The minimum atomic E-state index is -0.902. The Morgan fingerprint density at radius 1 is 1.20 bits per heavy atom. The Bertz CT molecular complexity index is 1980. The van der Waals surface area contributed by atoms with E-state index >= 15 is 0 Å². The van der Waals surface area contributed by atoms with Gasteiger partial charge in [0.25, 0.3) is 0 Å². The molecule has 10 heteroatoms. The second-order valence-electron chi connectivity index (χ2n) is 12.9. The fourth-order valence-corrected chi connectivity index (χ4v) is 8.64. The summed E-state index contributed by atoms with van der Waals surface area (Å²) in [6.07, 6.45) is 3.43. The van der Waals surface area contributed by atoms with E-state index in [2.05, 4.69) is 22.4 Å². The first-order chi connectivity index (χ1) is 22.3. The van der Waals surface area contributed by atoms with Crippen LogP contribution in [0.5, 0.6) is 5.88 Å². The summed E-state index contributed by atoms with van der Waals surface area (Å²) >= 11 is 6.49. The second kappa shape index (κ2) is 10.9. The Morgan fingerprint density at radius 3 is 2.89 bits per heavy atom. The van der Waals surface area contributed by atoms with Crippen LogP contribution in [0, 0.1) is 17.1 Å². The van der Waals surface area contributed by atoms with E-state index in [1.54, 1.807) is 6.07 Å². The quantitative estimate of drug-likeness (QED) is 0.220. The molecule has 4 aromatic rings. The molecule has 0 saturated carbocycles. The van der Waals surface area contributed by atoms with Crippen LogP contribution in [0.15, 0.2) is 61.2 Å². The predicted molar refractivity (Wildman–Crippen MR) is 174 cm³/mol. The standard InChI is InChI=1S/C36H32ClF2N5O2/c1-2-31(45)43-14-11-29-30(43)19-44(29)34-25-9-7-22(24-6-3-5-21-8-10-27(39)33(37)32(21)24)15-28(25)41-35(26(34)17-40)46-20-36-12-4-13-42(36)18-23(38)16-36/h2-3,5-10,15,23,29-30H,1,4,11-14,16,18-20H2/t23-,29-,30-,36+/m1/s1. The molecule has 1 amide bonds. The van der Waals surface area contributed by atoms with Crippen molar-refractivity contribution in [3.63, 3.8) is 0 Å². The molecule has 4 atom stereocenters. The highest BCUT2D eigenvalue weighted by Crippen LogP contribution is 2.46. The van der Waals surface area contributed by atoms with Crippen molar-refractivity contribution < 1.29 is 18.3 Å². The molecule has 0 N–H and O–H groups in total. The smallest absolute Gasteiger partial charge is 0.246 e. The van der Waals surface area contributed by atoms with Crippen molar-refractivity contribution in [2.24, 2.45) is 0 Å². The molecular formula is C36H32ClF2N5O2. The molecule has 0 radical (unpaired) electrons. The number of benzene rings is 3. The number of pyridine rings is 1. The average molecular weight is 640 g/mol. The molecule has 46 heavy (non-hydrogen) atoms. The van der Waals surface area contributed by atoms with Gasteiger partial charge in [0.1, 0.15) is 30.2 Å². The minimum absolute atomic E-state index is 0.0301. The highest BCUT2D eigenvalue weighted by Gasteiger charge is 2.51. The maximum absolute atomic E-state index is 14.6. The van der Waals surface area contributed by atoms with Gasteiger partial charge in [-0.15, -0.1) is 0 Å². The van der Waals surface area contributed by atoms with Gasteiger partial charge in [0.15, 0.2) is 0 Å². The van der Waals surface area contributed by atoms with Crippen molar-refractivity contribution in [2.75, 3.05) is 37.7 Å². The minimum Gasteiger partial charge on any atom is -0.475 e. The summed E-state index contributed by atoms with van der Waals surface area (Å²) < 4.78 is 35.6. The number of likely N-dealkylation sites (tertiary alicyclic amines) is 1. The van der Waals surface area contributed by atoms with Gasteiger partial charge in [-0.05, 0) is 60.5 Å². The summed E-state index contributed by atoms with van der Waals surface area (Å²) in [6, 6.07) is 17.1. The Balaban J connectivity index is 1.25. The zero-order valence-corrected chi connectivity index (χ0v) is 25.9. The summed E-state index contributed by atoms with van der Waals surface area (Å²) in [7, 11) is 0. The van der Waals surface area contributed by atoms with Gasteiger partial charge in [0.05, 0.1) is 33.8 Å². The molecule has 8 rings (SSSR count). The molecule has 4 fully saturated rings. The molecule has 4 aliphatic heterocycles. The molecule has 0 bridgehead atoms. The van der Waals surface area contributed by atoms with Crippen molar-refractivity contribution >= 4 is 44.9 Å². The summed E-state index contributed by atoms with van der Waals surface area (Å²) in [4.78, 5) is 23.6. The zero-order valence-electron chi connectivity index (χ0n) is 25.2. The maximum atomic E-state index is 14.6. The van der Waals surface area contributed by atoms with Crippen LogP contribution in [0.1, 0.15) is 31.2 Å².